The van der Waals surface area contributed by atoms with Crippen molar-refractivity contribution in [1.82, 2.24) is 4.90 Å². The van der Waals surface area contributed by atoms with E-state index in [0.717, 1.165) is 18.2 Å². The second-order valence-electron chi connectivity index (χ2n) is 6.50. The van der Waals surface area contributed by atoms with Crippen LogP contribution in [0, 0.1) is 0 Å². The molecule has 0 spiro atoms. The van der Waals surface area contributed by atoms with Crippen molar-refractivity contribution in [3.63, 3.8) is 0 Å². The molecule has 138 valence electrons. The smallest absolute Gasteiger partial charge is 0.227 e. The average molecular weight is 412 g/mol. The Kier molecular flexibility index (Phi) is 5.33. The Bertz CT molecular complexity index is 973. The number of carbonyl (C=O) groups excluding carboxylic acids is 1. The third-order valence-electron chi connectivity index (χ3n) is 4.79. The number of sulfone groups is 1. The summed E-state index contributed by atoms with van der Waals surface area (Å²) in [7, 11) is -3.50. The topological polar surface area (TPSA) is 54.5 Å². The van der Waals surface area contributed by atoms with Crippen LogP contribution in [0.3, 0.4) is 0 Å². The minimum atomic E-state index is -3.50. The van der Waals surface area contributed by atoms with Crippen molar-refractivity contribution >= 4 is 38.9 Å². The quantitative estimate of drug-likeness (QED) is 0.763. The Morgan fingerprint density at radius 1 is 1.19 bits per heavy atom. The molecule has 4 nitrogen and oxygen atoms in total. The molecule has 7 heteroatoms. The van der Waals surface area contributed by atoms with Gasteiger partial charge in [-0.3, -0.25) is 4.79 Å². The van der Waals surface area contributed by atoms with Gasteiger partial charge in [-0.05, 0) is 42.2 Å². The first-order chi connectivity index (χ1) is 12.2. The molecular weight excluding hydrogens is 393 g/mol. The fourth-order valence-corrected chi connectivity index (χ4v) is 5.08. The monoisotopic (exact) mass is 411 g/mol. The number of amides is 1. The highest BCUT2D eigenvalue weighted by molar-refractivity contribution is 7.90. The second-order valence-corrected chi connectivity index (χ2v) is 9.27. The van der Waals surface area contributed by atoms with Gasteiger partial charge in [-0.15, -0.1) is 0 Å². The fourth-order valence-electron chi connectivity index (χ4n) is 3.39. The number of hydrogen-bond donors (Lipinski definition) is 0. The Hall–Kier alpha value is -1.56. The number of fused-ring (bicyclic) bond motifs is 1. The normalized spacial score (nSPS) is 17.1. The highest BCUT2D eigenvalue weighted by Crippen LogP contribution is 2.34. The van der Waals surface area contributed by atoms with Gasteiger partial charge in [0.15, 0.2) is 9.84 Å². The van der Waals surface area contributed by atoms with Gasteiger partial charge < -0.3 is 4.90 Å². The summed E-state index contributed by atoms with van der Waals surface area (Å²) >= 11 is 12.5. The molecule has 0 saturated carbocycles. The molecular formula is C19H19Cl2NO3S. The third-order valence-corrected chi connectivity index (χ3v) is 6.83. The van der Waals surface area contributed by atoms with E-state index in [0.29, 0.717) is 17.1 Å². The van der Waals surface area contributed by atoms with E-state index in [-0.39, 0.29) is 28.3 Å². The van der Waals surface area contributed by atoms with Crippen LogP contribution in [-0.2, 0) is 27.5 Å². The molecule has 0 N–H and O–H groups in total. The van der Waals surface area contributed by atoms with E-state index in [1.807, 2.05) is 25.1 Å². The molecule has 1 amide bonds. The van der Waals surface area contributed by atoms with Gasteiger partial charge >= 0.3 is 0 Å². The number of rotatable bonds is 3. The van der Waals surface area contributed by atoms with Crippen LogP contribution in [0.1, 0.15) is 29.7 Å². The predicted molar refractivity (Wildman–Crippen MR) is 104 cm³/mol. The summed E-state index contributed by atoms with van der Waals surface area (Å²) in [4.78, 5) is 14.7. The van der Waals surface area contributed by atoms with E-state index in [1.165, 1.54) is 17.7 Å². The molecule has 2 aromatic carbocycles. The molecule has 0 fully saturated rings. The summed E-state index contributed by atoms with van der Waals surface area (Å²) in [5, 5.41) is 0.319. The first kappa shape index (κ1) is 19.2. The van der Waals surface area contributed by atoms with Gasteiger partial charge in [0, 0.05) is 17.8 Å². The van der Waals surface area contributed by atoms with Crippen LogP contribution in [0.25, 0.3) is 0 Å². The zero-order valence-corrected chi connectivity index (χ0v) is 16.8. The predicted octanol–water partition coefficient (Wildman–Crippen LogP) is 4.09. The lowest BCUT2D eigenvalue weighted by atomic mass is 9.93. The van der Waals surface area contributed by atoms with Crippen molar-refractivity contribution in [2.24, 2.45) is 0 Å². The summed E-state index contributed by atoms with van der Waals surface area (Å²) in [6, 6.07) is 10.9. The van der Waals surface area contributed by atoms with Crippen LogP contribution in [0.2, 0.25) is 10.0 Å². The van der Waals surface area contributed by atoms with Gasteiger partial charge in [0.2, 0.25) is 5.91 Å². The third kappa shape index (κ3) is 3.61. The molecule has 3 rings (SSSR count). The van der Waals surface area contributed by atoms with E-state index < -0.39 is 9.84 Å². The van der Waals surface area contributed by atoms with Gasteiger partial charge in [-0.2, -0.15) is 0 Å². The second kappa shape index (κ2) is 7.22. The minimum Gasteiger partial charge on any atom is -0.335 e. The van der Waals surface area contributed by atoms with Crippen LogP contribution in [-0.4, -0.2) is 32.0 Å². The molecule has 1 aliphatic heterocycles. The van der Waals surface area contributed by atoms with Crippen LogP contribution in [0.4, 0.5) is 0 Å². The standard InChI is InChI=1S/C19H19Cl2NO3S/c1-12-14-6-4-3-5-13(14)9-10-22(12)18(23)11-15-16(20)7-8-17(19(15)21)26(2,24)25/h3-8,12H,9-11H2,1-2H3/t12-/m0/s1. The van der Waals surface area contributed by atoms with Crippen molar-refractivity contribution in [1.29, 1.82) is 0 Å². The highest BCUT2D eigenvalue weighted by atomic mass is 35.5. The SMILES string of the molecule is C[C@H]1c2ccccc2CCN1C(=O)Cc1c(Cl)ccc(S(C)(=O)=O)c1Cl. The first-order valence-electron chi connectivity index (χ1n) is 8.24. The molecule has 0 aliphatic carbocycles. The largest absolute Gasteiger partial charge is 0.335 e. The number of nitrogens with zero attached hydrogens (tertiary/aromatic N) is 1. The van der Waals surface area contributed by atoms with Gasteiger partial charge in [-0.1, -0.05) is 47.5 Å². The maximum Gasteiger partial charge on any atom is 0.227 e. The summed E-state index contributed by atoms with van der Waals surface area (Å²) in [5.41, 5.74) is 2.74. The van der Waals surface area contributed by atoms with Crippen LogP contribution < -0.4 is 0 Å². The molecule has 0 bridgehead atoms. The molecule has 0 radical (unpaired) electrons. The molecule has 1 atom stereocenters. The Balaban J connectivity index is 1.90. The lowest BCUT2D eigenvalue weighted by Crippen LogP contribution is -2.39. The van der Waals surface area contributed by atoms with Gasteiger partial charge in [-0.25, -0.2) is 8.42 Å². The molecule has 2 aromatic rings. The number of halogens is 2. The number of hydrogen-bond acceptors (Lipinski definition) is 3. The number of benzene rings is 2. The maximum atomic E-state index is 12.9. The van der Waals surface area contributed by atoms with Crippen molar-refractivity contribution in [3.05, 3.63) is 63.1 Å². The Labute approximate surface area is 163 Å². The summed E-state index contributed by atoms with van der Waals surface area (Å²) in [5.74, 6) is -0.124. The van der Waals surface area contributed by atoms with Crippen molar-refractivity contribution < 1.29 is 13.2 Å². The summed E-state index contributed by atoms with van der Waals surface area (Å²) < 4.78 is 23.7. The summed E-state index contributed by atoms with van der Waals surface area (Å²) in [6.45, 7) is 2.60. The molecule has 26 heavy (non-hydrogen) atoms. The summed E-state index contributed by atoms with van der Waals surface area (Å²) in [6.07, 6.45) is 1.84. The maximum absolute atomic E-state index is 12.9. The zero-order valence-electron chi connectivity index (χ0n) is 14.5. The number of carbonyl (C=O) groups is 1. The van der Waals surface area contributed by atoms with Gasteiger partial charge in [0.25, 0.3) is 0 Å². The highest BCUT2D eigenvalue weighted by Gasteiger charge is 2.28. The lowest BCUT2D eigenvalue weighted by molar-refractivity contribution is -0.133. The van der Waals surface area contributed by atoms with Crippen molar-refractivity contribution in [2.45, 2.75) is 30.7 Å². The minimum absolute atomic E-state index is 0.0107. The molecule has 0 aromatic heterocycles. The van der Waals surface area contributed by atoms with Crippen LogP contribution in [0.5, 0.6) is 0 Å². The van der Waals surface area contributed by atoms with E-state index in [9.17, 15) is 13.2 Å². The van der Waals surface area contributed by atoms with E-state index >= 15 is 0 Å². The van der Waals surface area contributed by atoms with E-state index in [4.69, 9.17) is 23.2 Å². The first-order valence-corrected chi connectivity index (χ1v) is 10.9. The van der Waals surface area contributed by atoms with Crippen molar-refractivity contribution in [2.75, 3.05) is 12.8 Å². The van der Waals surface area contributed by atoms with E-state index in [2.05, 4.69) is 6.07 Å². The lowest BCUT2D eigenvalue weighted by Gasteiger charge is -2.35. The van der Waals surface area contributed by atoms with Gasteiger partial charge in [0.05, 0.1) is 22.4 Å². The zero-order chi connectivity index (χ0) is 19.1. The molecule has 0 unspecified atom stereocenters. The molecule has 0 saturated heterocycles. The van der Waals surface area contributed by atoms with Crippen LogP contribution >= 0.6 is 23.2 Å². The van der Waals surface area contributed by atoms with Crippen LogP contribution in [0.15, 0.2) is 41.3 Å². The molecule has 1 heterocycles. The van der Waals surface area contributed by atoms with Gasteiger partial charge in [0.1, 0.15) is 0 Å². The fraction of sp³-hybridized carbons (Fsp3) is 0.316. The van der Waals surface area contributed by atoms with E-state index in [1.54, 1.807) is 4.90 Å². The molecule has 1 aliphatic rings. The average Bonchev–Trinajstić information content (AvgIpc) is 2.57. The Morgan fingerprint density at radius 2 is 1.88 bits per heavy atom. The Morgan fingerprint density at radius 3 is 2.58 bits per heavy atom. The van der Waals surface area contributed by atoms with Crippen molar-refractivity contribution in [3.8, 4) is 0 Å².